The summed E-state index contributed by atoms with van der Waals surface area (Å²) in [5.74, 6) is 0.864. The van der Waals surface area contributed by atoms with E-state index >= 15 is 0 Å². The molecule has 0 saturated heterocycles. The molecule has 0 aliphatic rings. The molecule has 1 N–H and O–H groups in total. The molecule has 118 valence electrons. The molecule has 0 bridgehead atoms. The maximum atomic E-state index is 5.21. The highest BCUT2D eigenvalue weighted by atomic mass is 32.1. The second-order valence-corrected chi connectivity index (χ2v) is 6.52. The first kappa shape index (κ1) is 15.6. The van der Waals surface area contributed by atoms with E-state index < -0.39 is 0 Å². The van der Waals surface area contributed by atoms with Gasteiger partial charge in [0.25, 0.3) is 0 Å². The van der Waals surface area contributed by atoms with Crippen molar-refractivity contribution in [3.8, 4) is 17.0 Å². The van der Waals surface area contributed by atoms with Crippen LogP contribution in [0.5, 0.6) is 5.75 Å². The summed E-state index contributed by atoms with van der Waals surface area (Å²) >= 11 is 1.70. The van der Waals surface area contributed by atoms with E-state index in [2.05, 4.69) is 48.6 Å². The molecule has 2 aromatic carbocycles. The molecule has 4 heteroatoms. The maximum absolute atomic E-state index is 5.21. The molecule has 0 saturated carbocycles. The van der Waals surface area contributed by atoms with Crippen molar-refractivity contribution < 1.29 is 4.74 Å². The van der Waals surface area contributed by atoms with E-state index in [0.29, 0.717) is 0 Å². The van der Waals surface area contributed by atoms with Gasteiger partial charge in [0.15, 0.2) is 5.13 Å². The SMILES string of the molecule is COc1ccc(-c2nc(NCCc3ccccc3)sc2C)cc1. The molecule has 23 heavy (non-hydrogen) atoms. The summed E-state index contributed by atoms with van der Waals surface area (Å²) < 4.78 is 5.21. The Morgan fingerprint density at radius 2 is 1.78 bits per heavy atom. The van der Waals surface area contributed by atoms with Crippen LogP contribution in [0.1, 0.15) is 10.4 Å². The van der Waals surface area contributed by atoms with E-state index in [-0.39, 0.29) is 0 Å². The molecule has 1 aromatic heterocycles. The van der Waals surface area contributed by atoms with E-state index in [1.54, 1.807) is 18.4 Å². The van der Waals surface area contributed by atoms with E-state index in [9.17, 15) is 0 Å². The van der Waals surface area contributed by atoms with Crippen molar-refractivity contribution in [2.45, 2.75) is 13.3 Å². The van der Waals surface area contributed by atoms with Gasteiger partial charge in [0.1, 0.15) is 5.75 Å². The predicted molar refractivity (Wildman–Crippen MR) is 97.5 cm³/mol. The van der Waals surface area contributed by atoms with Gasteiger partial charge in [-0.3, -0.25) is 0 Å². The first-order chi connectivity index (χ1) is 11.3. The number of hydrogen-bond donors (Lipinski definition) is 1. The molecule has 0 fully saturated rings. The van der Waals surface area contributed by atoms with Gasteiger partial charge in [0, 0.05) is 17.0 Å². The number of ether oxygens (including phenoxy) is 1. The van der Waals surface area contributed by atoms with Crippen LogP contribution in [-0.4, -0.2) is 18.6 Å². The smallest absolute Gasteiger partial charge is 0.183 e. The van der Waals surface area contributed by atoms with Crippen molar-refractivity contribution in [3.63, 3.8) is 0 Å². The van der Waals surface area contributed by atoms with E-state index in [0.717, 1.165) is 35.1 Å². The fourth-order valence-electron chi connectivity index (χ4n) is 2.45. The average Bonchev–Trinajstić information content (AvgIpc) is 2.97. The van der Waals surface area contributed by atoms with Crippen LogP contribution in [0.3, 0.4) is 0 Å². The highest BCUT2D eigenvalue weighted by Crippen LogP contribution is 2.31. The predicted octanol–water partition coefficient (Wildman–Crippen LogP) is 4.78. The van der Waals surface area contributed by atoms with Gasteiger partial charge in [-0.05, 0) is 43.2 Å². The molecular formula is C19H20N2OS. The van der Waals surface area contributed by atoms with Crippen LogP contribution in [0, 0.1) is 6.92 Å². The lowest BCUT2D eigenvalue weighted by Gasteiger charge is -2.03. The lowest BCUT2D eigenvalue weighted by Crippen LogP contribution is -2.04. The zero-order valence-electron chi connectivity index (χ0n) is 13.4. The number of aromatic nitrogens is 1. The van der Waals surface area contributed by atoms with Crippen molar-refractivity contribution in [1.82, 2.24) is 4.98 Å². The van der Waals surface area contributed by atoms with Crippen molar-refractivity contribution in [1.29, 1.82) is 0 Å². The Labute approximate surface area is 141 Å². The van der Waals surface area contributed by atoms with Gasteiger partial charge in [0.2, 0.25) is 0 Å². The normalized spacial score (nSPS) is 10.5. The third kappa shape index (κ3) is 3.90. The number of anilines is 1. The highest BCUT2D eigenvalue weighted by Gasteiger charge is 2.09. The highest BCUT2D eigenvalue weighted by molar-refractivity contribution is 7.16. The molecule has 0 aliphatic carbocycles. The fourth-order valence-corrected chi connectivity index (χ4v) is 3.31. The molecule has 0 spiro atoms. The molecule has 0 atom stereocenters. The molecule has 3 nitrogen and oxygen atoms in total. The number of benzene rings is 2. The van der Waals surface area contributed by atoms with Crippen LogP contribution in [0.2, 0.25) is 0 Å². The minimum atomic E-state index is 0.864. The van der Waals surface area contributed by atoms with Gasteiger partial charge in [-0.1, -0.05) is 30.3 Å². The monoisotopic (exact) mass is 324 g/mol. The van der Waals surface area contributed by atoms with Gasteiger partial charge in [-0.2, -0.15) is 0 Å². The van der Waals surface area contributed by atoms with Crippen LogP contribution in [-0.2, 0) is 6.42 Å². The number of aryl methyl sites for hydroxylation is 1. The topological polar surface area (TPSA) is 34.1 Å². The molecule has 3 rings (SSSR count). The largest absolute Gasteiger partial charge is 0.497 e. The van der Waals surface area contributed by atoms with Crippen LogP contribution in [0.15, 0.2) is 54.6 Å². The van der Waals surface area contributed by atoms with Gasteiger partial charge in [0.05, 0.1) is 12.8 Å². The molecule has 3 aromatic rings. The van der Waals surface area contributed by atoms with Crippen LogP contribution < -0.4 is 10.1 Å². The Hall–Kier alpha value is -2.33. The van der Waals surface area contributed by atoms with Gasteiger partial charge in [-0.25, -0.2) is 4.98 Å². The molecule has 0 aliphatic heterocycles. The third-order valence-electron chi connectivity index (χ3n) is 3.69. The average molecular weight is 324 g/mol. The Kier molecular flexibility index (Phi) is 4.93. The number of methoxy groups -OCH3 is 1. The van der Waals surface area contributed by atoms with Gasteiger partial charge >= 0.3 is 0 Å². The number of thiazole rings is 1. The Morgan fingerprint density at radius 3 is 2.48 bits per heavy atom. The lowest BCUT2D eigenvalue weighted by molar-refractivity contribution is 0.415. The van der Waals surface area contributed by atoms with Crippen LogP contribution in [0.25, 0.3) is 11.3 Å². The quantitative estimate of drug-likeness (QED) is 0.708. The van der Waals surface area contributed by atoms with E-state index in [4.69, 9.17) is 9.72 Å². The maximum Gasteiger partial charge on any atom is 0.183 e. The van der Waals surface area contributed by atoms with Crippen LogP contribution >= 0.6 is 11.3 Å². The van der Waals surface area contributed by atoms with Gasteiger partial charge in [-0.15, -0.1) is 11.3 Å². The molecule has 0 radical (unpaired) electrons. The van der Waals surface area contributed by atoms with E-state index in [1.165, 1.54) is 10.4 Å². The first-order valence-corrected chi connectivity index (χ1v) is 8.47. The summed E-state index contributed by atoms with van der Waals surface area (Å²) in [6, 6.07) is 18.5. The fraction of sp³-hybridized carbons (Fsp3) is 0.211. The van der Waals surface area contributed by atoms with Crippen molar-refractivity contribution in [2.24, 2.45) is 0 Å². The Balaban J connectivity index is 1.65. The van der Waals surface area contributed by atoms with Gasteiger partial charge < -0.3 is 10.1 Å². The van der Waals surface area contributed by atoms with Crippen molar-refractivity contribution >= 4 is 16.5 Å². The lowest BCUT2D eigenvalue weighted by atomic mass is 10.1. The van der Waals surface area contributed by atoms with Crippen molar-refractivity contribution in [2.75, 3.05) is 19.0 Å². The Bertz CT molecular complexity index is 751. The third-order valence-corrected chi connectivity index (χ3v) is 4.62. The summed E-state index contributed by atoms with van der Waals surface area (Å²) in [4.78, 5) is 5.95. The number of nitrogens with one attached hydrogen (secondary N) is 1. The Morgan fingerprint density at radius 1 is 1.04 bits per heavy atom. The summed E-state index contributed by atoms with van der Waals surface area (Å²) in [5.41, 5.74) is 3.50. The molecule has 1 heterocycles. The number of nitrogens with zero attached hydrogens (tertiary/aromatic N) is 1. The summed E-state index contributed by atoms with van der Waals surface area (Å²) in [6.45, 7) is 3.00. The standard InChI is InChI=1S/C19H20N2OS/c1-14-18(16-8-10-17(22-2)11-9-16)21-19(23-14)20-13-12-15-6-4-3-5-7-15/h3-11H,12-13H2,1-2H3,(H,20,21). The number of hydrogen-bond acceptors (Lipinski definition) is 4. The summed E-state index contributed by atoms with van der Waals surface area (Å²) in [6.07, 6.45) is 0.997. The molecule has 0 amide bonds. The zero-order chi connectivity index (χ0) is 16.1. The first-order valence-electron chi connectivity index (χ1n) is 7.66. The van der Waals surface area contributed by atoms with Crippen LogP contribution in [0.4, 0.5) is 5.13 Å². The zero-order valence-corrected chi connectivity index (χ0v) is 14.2. The summed E-state index contributed by atoms with van der Waals surface area (Å²) in [5, 5.41) is 4.41. The summed E-state index contributed by atoms with van der Waals surface area (Å²) in [7, 11) is 1.68. The second-order valence-electron chi connectivity index (χ2n) is 5.31. The molecular weight excluding hydrogens is 304 g/mol. The van der Waals surface area contributed by atoms with Crippen molar-refractivity contribution in [3.05, 3.63) is 65.0 Å². The minimum Gasteiger partial charge on any atom is -0.497 e. The number of rotatable bonds is 6. The van der Waals surface area contributed by atoms with E-state index in [1.807, 2.05) is 18.2 Å². The molecule has 0 unspecified atom stereocenters. The second kappa shape index (κ2) is 7.29. The minimum absolute atomic E-state index is 0.864.